The minimum atomic E-state index is -0.354. The number of nitrogens with zero attached hydrogens (tertiary/aromatic N) is 2. The number of anilines is 1. The van der Waals surface area contributed by atoms with Gasteiger partial charge in [0.05, 0.1) is 28.1 Å². The van der Waals surface area contributed by atoms with Gasteiger partial charge in [0.2, 0.25) is 0 Å². The molecular formula is C18H18N2O2S. The molecule has 1 aromatic carbocycles. The van der Waals surface area contributed by atoms with Crippen molar-refractivity contribution in [1.29, 1.82) is 0 Å². The van der Waals surface area contributed by atoms with Gasteiger partial charge in [-0.2, -0.15) is 0 Å². The maximum atomic E-state index is 11.9. The molecule has 0 bridgehead atoms. The van der Waals surface area contributed by atoms with Crippen molar-refractivity contribution in [2.75, 3.05) is 18.1 Å². The summed E-state index contributed by atoms with van der Waals surface area (Å²) in [6, 6.07) is 11.7. The van der Waals surface area contributed by atoms with Gasteiger partial charge in [-0.05, 0) is 36.4 Å². The highest BCUT2D eigenvalue weighted by atomic mass is 32.1. The number of rotatable bonds is 4. The summed E-state index contributed by atoms with van der Waals surface area (Å²) in [5.41, 5.74) is 2.78. The van der Waals surface area contributed by atoms with Crippen LogP contribution in [-0.4, -0.2) is 37.3 Å². The van der Waals surface area contributed by atoms with E-state index in [-0.39, 0.29) is 12.1 Å². The number of hydrogen-bond acceptors (Lipinski definition) is 5. The van der Waals surface area contributed by atoms with Gasteiger partial charge in [-0.15, -0.1) is 11.3 Å². The van der Waals surface area contributed by atoms with E-state index in [1.807, 2.05) is 41.8 Å². The number of carbonyl (C=O) groups is 1. The molecule has 2 unspecified atom stereocenters. The molecule has 118 valence electrons. The minimum absolute atomic E-state index is 0.188. The molecular weight excluding hydrogens is 308 g/mol. The third-order valence-electron chi connectivity index (χ3n) is 4.37. The maximum absolute atomic E-state index is 11.9. The fourth-order valence-corrected chi connectivity index (χ4v) is 4.03. The largest absolute Gasteiger partial charge is 0.376 e. The zero-order valence-corrected chi connectivity index (χ0v) is 13.5. The Bertz CT molecular complexity index is 720. The molecule has 0 spiro atoms. The van der Waals surface area contributed by atoms with Gasteiger partial charge in [0, 0.05) is 13.2 Å². The van der Waals surface area contributed by atoms with Crippen molar-refractivity contribution >= 4 is 34.7 Å². The molecule has 2 atom stereocenters. The van der Waals surface area contributed by atoms with E-state index in [0.717, 1.165) is 54.2 Å². The average molecular weight is 326 g/mol. The molecule has 0 amide bonds. The van der Waals surface area contributed by atoms with Crippen molar-refractivity contribution < 1.29 is 9.53 Å². The van der Waals surface area contributed by atoms with Crippen LogP contribution in [0, 0.1) is 0 Å². The molecule has 5 heteroatoms. The van der Waals surface area contributed by atoms with Crippen molar-refractivity contribution in [3.05, 3.63) is 46.7 Å². The predicted octanol–water partition coefficient (Wildman–Crippen LogP) is 3.44. The number of thiophene rings is 1. The number of hydrogen-bond donors (Lipinski definition) is 0. The zero-order chi connectivity index (χ0) is 15.6. The number of para-hydroxylation sites is 2. The second-order valence-corrected chi connectivity index (χ2v) is 6.78. The van der Waals surface area contributed by atoms with Gasteiger partial charge in [-0.1, -0.05) is 18.2 Å². The Hall–Kier alpha value is -1.98. The molecule has 1 fully saturated rings. The number of benzene rings is 1. The Morgan fingerprint density at radius 3 is 2.96 bits per heavy atom. The van der Waals surface area contributed by atoms with Crippen LogP contribution in [0.5, 0.6) is 0 Å². The second-order valence-electron chi connectivity index (χ2n) is 5.83. The zero-order valence-electron chi connectivity index (χ0n) is 12.7. The first kappa shape index (κ1) is 14.6. The van der Waals surface area contributed by atoms with Crippen molar-refractivity contribution in [2.24, 2.45) is 4.99 Å². The molecule has 1 aromatic heterocycles. The monoisotopic (exact) mass is 326 g/mol. The van der Waals surface area contributed by atoms with Crippen LogP contribution in [-0.2, 0) is 9.53 Å². The average Bonchev–Trinajstić information content (AvgIpc) is 3.28. The number of carbonyl (C=O) groups excluding carboxylic acids is 1. The number of aliphatic imine (C=N–C) groups is 1. The molecule has 1 saturated heterocycles. The smallest absolute Gasteiger partial charge is 0.148 e. The number of aldehydes is 1. The second kappa shape index (κ2) is 6.26. The summed E-state index contributed by atoms with van der Waals surface area (Å²) >= 11 is 1.62. The highest BCUT2D eigenvalue weighted by molar-refractivity contribution is 7.12. The third kappa shape index (κ3) is 2.71. The molecule has 0 saturated carbocycles. The SMILES string of the molecule is O=CC1C(c2cccs2)=Nc2ccccc2N1CC1CCCO1. The highest BCUT2D eigenvalue weighted by Crippen LogP contribution is 2.36. The Kier molecular flexibility index (Phi) is 3.97. The predicted molar refractivity (Wildman–Crippen MR) is 93.1 cm³/mol. The first-order valence-corrected chi connectivity index (χ1v) is 8.80. The van der Waals surface area contributed by atoms with E-state index in [0.29, 0.717) is 0 Å². The van der Waals surface area contributed by atoms with Crippen molar-refractivity contribution in [3.63, 3.8) is 0 Å². The normalized spacial score (nSPS) is 23.5. The van der Waals surface area contributed by atoms with Crippen LogP contribution in [0.15, 0.2) is 46.8 Å². The Balaban J connectivity index is 1.77. The van der Waals surface area contributed by atoms with Gasteiger partial charge in [-0.25, -0.2) is 4.99 Å². The number of ether oxygens (including phenoxy) is 1. The van der Waals surface area contributed by atoms with Gasteiger partial charge in [0.25, 0.3) is 0 Å². The van der Waals surface area contributed by atoms with Gasteiger partial charge >= 0.3 is 0 Å². The Morgan fingerprint density at radius 2 is 2.22 bits per heavy atom. The van der Waals surface area contributed by atoms with Crippen LogP contribution in [0.4, 0.5) is 11.4 Å². The lowest BCUT2D eigenvalue weighted by Crippen LogP contribution is -2.48. The van der Waals surface area contributed by atoms with Crippen LogP contribution >= 0.6 is 11.3 Å². The van der Waals surface area contributed by atoms with Crippen LogP contribution < -0.4 is 4.90 Å². The summed E-state index contributed by atoms with van der Waals surface area (Å²) in [5.74, 6) is 0. The molecule has 3 heterocycles. The molecule has 0 radical (unpaired) electrons. The van der Waals surface area contributed by atoms with Crippen molar-refractivity contribution in [3.8, 4) is 0 Å². The molecule has 0 aliphatic carbocycles. The van der Waals surface area contributed by atoms with Crippen LogP contribution in [0.1, 0.15) is 17.7 Å². The van der Waals surface area contributed by atoms with Gasteiger partial charge < -0.3 is 14.4 Å². The summed E-state index contributed by atoms with van der Waals surface area (Å²) < 4.78 is 5.79. The topological polar surface area (TPSA) is 41.9 Å². The molecule has 23 heavy (non-hydrogen) atoms. The standard InChI is InChI=1S/C18H18N2O2S/c21-12-16-18(17-8-4-10-23-17)19-14-6-1-2-7-15(14)20(16)11-13-5-3-9-22-13/h1-2,4,6-8,10,12-13,16H,3,5,9,11H2. The summed E-state index contributed by atoms with van der Waals surface area (Å²) in [6.07, 6.45) is 3.34. The van der Waals surface area contributed by atoms with E-state index in [4.69, 9.17) is 9.73 Å². The van der Waals surface area contributed by atoms with E-state index in [9.17, 15) is 4.79 Å². The van der Waals surface area contributed by atoms with E-state index >= 15 is 0 Å². The molecule has 2 aliphatic heterocycles. The first-order valence-electron chi connectivity index (χ1n) is 7.92. The summed E-state index contributed by atoms with van der Waals surface area (Å²) in [7, 11) is 0. The quantitative estimate of drug-likeness (QED) is 0.808. The van der Waals surface area contributed by atoms with E-state index < -0.39 is 0 Å². The van der Waals surface area contributed by atoms with Crippen LogP contribution in [0.25, 0.3) is 0 Å². The minimum Gasteiger partial charge on any atom is -0.376 e. The molecule has 2 aromatic rings. The van der Waals surface area contributed by atoms with Crippen LogP contribution in [0.3, 0.4) is 0 Å². The first-order chi connectivity index (χ1) is 11.4. The van der Waals surface area contributed by atoms with E-state index in [1.54, 1.807) is 11.3 Å². The van der Waals surface area contributed by atoms with Crippen LogP contribution in [0.2, 0.25) is 0 Å². The van der Waals surface area contributed by atoms with Crippen molar-refractivity contribution in [1.82, 2.24) is 0 Å². The third-order valence-corrected chi connectivity index (χ3v) is 5.27. The lowest BCUT2D eigenvalue weighted by Gasteiger charge is -2.36. The molecule has 4 rings (SSSR count). The summed E-state index contributed by atoms with van der Waals surface area (Å²) in [5, 5.41) is 2.02. The van der Waals surface area contributed by atoms with Crippen molar-refractivity contribution in [2.45, 2.75) is 25.0 Å². The highest BCUT2D eigenvalue weighted by Gasteiger charge is 2.33. The lowest BCUT2D eigenvalue weighted by molar-refractivity contribution is -0.107. The molecule has 4 nitrogen and oxygen atoms in total. The van der Waals surface area contributed by atoms with E-state index in [2.05, 4.69) is 4.90 Å². The van der Waals surface area contributed by atoms with Gasteiger partial charge in [0.1, 0.15) is 12.3 Å². The summed E-state index contributed by atoms with van der Waals surface area (Å²) in [4.78, 5) is 19.9. The maximum Gasteiger partial charge on any atom is 0.148 e. The number of fused-ring (bicyclic) bond motifs is 1. The molecule has 2 aliphatic rings. The Labute approximate surface area is 139 Å². The van der Waals surface area contributed by atoms with Gasteiger partial charge in [-0.3, -0.25) is 0 Å². The van der Waals surface area contributed by atoms with E-state index in [1.165, 1.54) is 0 Å². The summed E-state index contributed by atoms with van der Waals surface area (Å²) in [6.45, 7) is 1.54. The Morgan fingerprint density at radius 1 is 1.30 bits per heavy atom. The fraction of sp³-hybridized carbons (Fsp3) is 0.333. The van der Waals surface area contributed by atoms with Gasteiger partial charge in [0.15, 0.2) is 0 Å². The lowest BCUT2D eigenvalue weighted by atomic mass is 10.0. The molecule has 0 N–H and O–H groups in total. The fourth-order valence-electron chi connectivity index (χ4n) is 3.28.